The summed E-state index contributed by atoms with van der Waals surface area (Å²) in [6.07, 6.45) is 3.99. The summed E-state index contributed by atoms with van der Waals surface area (Å²) in [4.78, 5) is 10.5. The summed E-state index contributed by atoms with van der Waals surface area (Å²) in [7, 11) is 0. The van der Waals surface area contributed by atoms with Gasteiger partial charge in [0.25, 0.3) is 0 Å². The van der Waals surface area contributed by atoms with Crippen molar-refractivity contribution >= 4 is 17.9 Å². The van der Waals surface area contributed by atoms with Gasteiger partial charge in [-0.15, -0.1) is 5.10 Å². The lowest BCUT2D eigenvalue weighted by Gasteiger charge is -2.02. The van der Waals surface area contributed by atoms with E-state index in [2.05, 4.69) is 10.3 Å². The van der Waals surface area contributed by atoms with Crippen molar-refractivity contribution in [3.05, 3.63) is 41.2 Å². The van der Waals surface area contributed by atoms with Gasteiger partial charge in [0.1, 0.15) is 6.29 Å². The van der Waals surface area contributed by atoms with Crippen molar-refractivity contribution in [1.82, 2.24) is 15.0 Å². The molecule has 0 radical (unpaired) electrons. The first kappa shape index (κ1) is 8.90. The average Bonchev–Trinajstić information content (AvgIpc) is 2.70. The summed E-state index contributed by atoms with van der Waals surface area (Å²) < 4.78 is 1.54. The van der Waals surface area contributed by atoms with Crippen LogP contribution in [0.25, 0.3) is 5.69 Å². The molecule has 70 valence electrons. The Morgan fingerprint density at radius 2 is 2.29 bits per heavy atom. The SMILES string of the molecule is O=Cc1ccc(-n2ccnn2)c(Cl)c1. The minimum atomic E-state index is 0.472. The highest BCUT2D eigenvalue weighted by Gasteiger charge is 2.03. The molecule has 1 heterocycles. The Kier molecular flexibility index (Phi) is 2.28. The molecular weight excluding hydrogens is 202 g/mol. The first-order valence-corrected chi connectivity index (χ1v) is 4.30. The number of carbonyl (C=O) groups is 1. The van der Waals surface area contributed by atoms with Crippen LogP contribution < -0.4 is 0 Å². The second-order valence-corrected chi connectivity index (χ2v) is 3.08. The van der Waals surface area contributed by atoms with Gasteiger partial charge >= 0.3 is 0 Å². The van der Waals surface area contributed by atoms with Crippen molar-refractivity contribution in [2.75, 3.05) is 0 Å². The van der Waals surface area contributed by atoms with Crippen LogP contribution in [0.1, 0.15) is 10.4 Å². The van der Waals surface area contributed by atoms with E-state index < -0.39 is 0 Å². The Morgan fingerprint density at radius 1 is 1.43 bits per heavy atom. The second kappa shape index (κ2) is 3.59. The van der Waals surface area contributed by atoms with Crippen LogP contribution in [-0.2, 0) is 0 Å². The summed E-state index contributed by atoms with van der Waals surface area (Å²) in [6.45, 7) is 0. The van der Waals surface area contributed by atoms with Crippen LogP contribution in [0.2, 0.25) is 5.02 Å². The molecule has 0 aliphatic carbocycles. The molecule has 0 atom stereocenters. The minimum absolute atomic E-state index is 0.472. The van der Waals surface area contributed by atoms with E-state index >= 15 is 0 Å². The Balaban J connectivity index is 2.51. The molecule has 14 heavy (non-hydrogen) atoms. The monoisotopic (exact) mass is 207 g/mol. The highest BCUT2D eigenvalue weighted by atomic mass is 35.5. The van der Waals surface area contributed by atoms with E-state index in [9.17, 15) is 4.79 Å². The van der Waals surface area contributed by atoms with E-state index in [4.69, 9.17) is 11.6 Å². The maximum absolute atomic E-state index is 10.5. The van der Waals surface area contributed by atoms with Crippen molar-refractivity contribution in [3.8, 4) is 5.69 Å². The lowest BCUT2D eigenvalue weighted by Crippen LogP contribution is -1.96. The maximum atomic E-state index is 10.5. The van der Waals surface area contributed by atoms with Crippen molar-refractivity contribution in [1.29, 1.82) is 0 Å². The molecular formula is C9H6ClN3O. The molecule has 0 N–H and O–H groups in total. The molecule has 4 nitrogen and oxygen atoms in total. The number of carbonyl (C=O) groups excluding carboxylic acids is 1. The number of benzene rings is 1. The molecule has 0 saturated carbocycles. The van der Waals surface area contributed by atoms with E-state index in [1.54, 1.807) is 30.6 Å². The Morgan fingerprint density at radius 3 is 2.86 bits per heavy atom. The van der Waals surface area contributed by atoms with E-state index in [0.717, 1.165) is 6.29 Å². The zero-order chi connectivity index (χ0) is 9.97. The van der Waals surface area contributed by atoms with Gasteiger partial charge in [-0.3, -0.25) is 4.79 Å². The number of aldehydes is 1. The summed E-state index contributed by atoms with van der Waals surface area (Å²) in [5, 5.41) is 7.94. The van der Waals surface area contributed by atoms with Gasteiger partial charge in [-0.2, -0.15) is 0 Å². The van der Waals surface area contributed by atoms with Gasteiger partial charge in [0.15, 0.2) is 0 Å². The molecule has 0 saturated heterocycles. The first-order valence-electron chi connectivity index (χ1n) is 3.92. The van der Waals surface area contributed by atoms with Crippen LogP contribution in [-0.4, -0.2) is 21.3 Å². The van der Waals surface area contributed by atoms with Gasteiger partial charge in [0.05, 0.1) is 23.1 Å². The van der Waals surface area contributed by atoms with Crippen LogP contribution in [0, 0.1) is 0 Å². The third-order valence-electron chi connectivity index (χ3n) is 1.78. The third-order valence-corrected chi connectivity index (χ3v) is 2.08. The van der Waals surface area contributed by atoms with Crippen LogP contribution in [0.15, 0.2) is 30.6 Å². The summed E-state index contributed by atoms with van der Waals surface area (Å²) in [5.74, 6) is 0. The van der Waals surface area contributed by atoms with Gasteiger partial charge in [-0.25, -0.2) is 4.68 Å². The predicted octanol–water partition coefficient (Wildman–Crippen LogP) is 1.73. The average molecular weight is 208 g/mol. The van der Waals surface area contributed by atoms with Crippen LogP contribution >= 0.6 is 11.6 Å². The van der Waals surface area contributed by atoms with Crippen molar-refractivity contribution < 1.29 is 4.79 Å². The summed E-state index contributed by atoms with van der Waals surface area (Å²) in [5.41, 5.74) is 1.24. The molecule has 0 amide bonds. The zero-order valence-electron chi connectivity index (χ0n) is 7.09. The fourth-order valence-corrected chi connectivity index (χ4v) is 1.39. The van der Waals surface area contributed by atoms with E-state index in [1.807, 2.05) is 0 Å². The second-order valence-electron chi connectivity index (χ2n) is 2.68. The fraction of sp³-hybridized carbons (Fsp3) is 0. The van der Waals surface area contributed by atoms with Crippen molar-refractivity contribution in [3.63, 3.8) is 0 Å². The number of halogens is 1. The van der Waals surface area contributed by atoms with Gasteiger partial charge < -0.3 is 0 Å². The number of rotatable bonds is 2. The van der Waals surface area contributed by atoms with Gasteiger partial charge in [0, 0.05) is 5.56 Å². The van der Waals surface area contributed by atoms with Crippen molar-refractivity contribution in [2.24, 2.45) is 0 Å². The van der Waals surface area contributed by atoms with Crippen molar-refractivity contribution in [2.45, 2.75) is 0 Å². The maximum Gasteiger partial charge on any atom is 0.150 e. The largest absolute Gasteiger partial charge is 0.298 e. The summed E-state index contributed by atoms with van der Waals surface area (Å²) in [6, 6.07) is 4.99. The molecule has 0 bridgehead atoms. The first-order chi connectivity index (χ1) is 6.81. The topological polar surface area (TPSA) is 47.8 Å². The lowest BCUT2D eigenvalue weighted by atomic mass is 10.2. The molecule has 0 aliphatic rings. The van der Waals surface area contributed by atoms with Crippen LogP contribution in [0.4, 0.5) is 0 Å². The van der Waals surface area contributed by atoms with Crippen LogP contribution in [0.3, 0.4) is 0 Å². The number of hydrogen-bond acceptors (Lipinski definition) is 3. The fourth-order valence-electron chi connectivity index (χ4n) is 1.12. The molecule has 0 fully saturated rings. The normalized spacial score (nSPS) is 10.1. The molecule has 5 heteroatoms. The molecule has 0 spiro atoms. The Hall–Kier alpha value is -1.68. The predicted molar refractivity (Wildman–Crippen MR) is 51.8 cm³/mol. The molecule has 0 aliphatic heterocycles. The quantitative estimate of drug-likeness (QED) is 0.705. The van der Waals surface area contributed by atoms with E-state index in [1.165, 1.54) is 4.68 Å². The van der Waals surface area contributed by atoms with Gasteiger partial charge in [-0.05, 0) is 18.2 Å². The van der Waals surface area contributed by atoms with Gasteiger partial charge in [0.2, 0.25) is 0 Å². The van der Waals surface area contributed by atoms with E-state index in [0.29, 0.717) is 16.3 Å². The van der Waals surface area contributed by atoms with Crippen LogP contribution in [0.5, 0.6) is 0 Å². The molecule has 1 aromatic carbocycles. The molecule has 2 rings (SSSR count). The highest BCUT2D eigenvalue weighted by molar-refractivity contribution is 6.32. The zero-order valence-corrected chi connectivity index (χ0v) is 7.85. The Labute approximate surface area is 85.1 Å². The lowest BCUT2D eigenvalue weighted by molar-refractivity contribution is 0.112. The number of aromatic nitrogens is 3. The Bertz CT molecular complexity index is 453. The number of hydrogen-bond donors (Lipinski definition) is 0. The highest BCUT2D eigenvalue weighted by Crippen LogP contribution is 2.20. The van der Waals surface area contributed by atoms with Gasteiger partial charge in [-0.1, -0.05) is 16.8 Å². The summed E-state index contributed by atoms with van der Waals surface area (Å²) >= 11 is 5.95. The smallest absolute Gasteiger partial charge is 0.150 e. The molecule has 2 aromatic rings. The van der Waals surface area contributed by atoms with E-state index in [-0.39, 0.29) is 0 Å². The minimum Gasteiger partial charge on any atom is -0.298 e. The molecule has 1 aromatic heterocycles. The standard InChI is InChI=1S/C9H6ClN3O/c10-8-5-7(6-14)1-2-9(8)13-4-3-11-12-13/h1-6H. The number of nitrogens with zero attached hydrogens (tertiary/aromatic N) is 3. The third kappa shape index (κ3) is 1.52. The molecule has 0 unspecified atom stereocenters.